The highest BCUT2D eigenvalue weighted by Gasteiger charge is 2.27. The molecule has 0 nitrogen and oxygen atoms in total. The largest absolute Gasteiger partial charge is 0.0649 e. The predicted molar refractivity (Wildman–Crippen MR) is 71.2 cm³/mol. The second-order valence-electron chi connectivity index (χ2n) is 7.92. The van der Waals surface area contributed by atoms with Gasteiger partial charge in [-0.05, 0) is 35.5 Å². The maximum atomic E-state index is 2.42. The zero-order valence-electron chi connectivity index (χ0n) is 12.3. The molecule has 0 aromatic heterocycles. The highest BCUT2D eigenvalue weighted by molar-refractivity contribution is 4.79. The van der Waals surface area contributed by atoms with Crippen LogP contribution < -0.4 is 0 Å². The zero-order chi connectivity index (χ0) is 12.3. The Labute approximate surface area is 97.8 Å². The fraction of sp³-hybridized carbons (Fsp3) is 1.00. The van der Waals surface area contributed by atoms with E-state index in [0.717, 1.165) is 0 Å². The van der Waals surface area contributed by atoms with E-state index >= 15 is 0 Å². The molecule has 0 spiro atoms. The number of hydrogen-bond acceptors (Lipinski definition) is 0. The molecular weight excluding hydrogens is 180 g/mol. The van der Waals surface area contributed by atoms with E-state index in [0.29, 0.717) is 16.2 Å². The number of rotatable bonds is 5. The van der Waals surface area contributed by atoms with Gasteiger partial charge in [0.15, 0.2) is 0 Å². The molecule has 0 amide bonds. The molecule has 15 heavy (non-hydrogen) atoms. The Balaban J connectivity index is 4.16. The van der Waals surface area contributed by atoms with Crippen molar-refractivity contribution in [2.75, 3.05) is 0 Å². The summed E-state index contributed by atoms with van der Waals surface area (Å²) in [6.07, 6.45) is 5.32. The van der Waals surface area contributed by atoms with Crippen molar-refractivity contribution in [1.29, 1.82) is 0 Å². The second kappa shape index (κ2) is 4.89. The molecule has 0 bridgehead atoms. The van der Waals surface area contributed by atoms with Crippen molar-refractivity contribution in [3.8, 4) is 0 Å². The molecule has 0 aliphatic heterocycles. The summed E-state index contributed by atoms with van der Waals surface area (Å²) in [5.74, 6) is 0. The average molecular weight is 212 g/mol. The lowest BCUT2D eigenvalue weighted by Gasteiger charge is -2.35. The van der Waals surface area contributed by atoms with Crippen LogP contribution >= 0.6 is 0 Å². The van der Waals surface area contributed by atoms with Crippen LogP contribution in [-0.4, -0.2) is 0 Å². The quantitative estimate of drug-likeness (QED) is 0.551. The fourth-order valence-corrected chi connectivity index (χ4v) is 2.38. The van der Waals surface area contributed by atoms with Gasteiger partial charge in [-0.2, -0.15) is 0 Å². The van der Waals surface area contributed by atoms with Crippen molar-refractivity contribution < 1.29 is 0 Å². The van der Waals surface area contributed by atoms with Crippen LogP contribution in [-0.2, 0) is 0 Å². The molecule has 0 radical (unpaired) electrons. The van der Waals surface area contributed by atoms with E-state index in [1.807, 2.05) is 0 Å². The molecule has 0 aromatic rings. The first-order valence-corrected chi connectivity index (χ1v) is 6.47. The van der Waals surface area contributed by atoms with Gasteiger partial charge in [-0.15, -0.1) is 0 Å². The fourth-order valence-electron chi connectivity index (χ4n) is 2.38. The molecule has 0 fully saturated rings. The van der Waals surface area contributed by atoms with Gasteiger partial charge in [0.05, 0.1) is 0 Å². The molecule has 0 rings (SSSR count). The summed E-state index contributed by atoms with van der Waals surface area (Å²) in [4.78, 5) is 0. The van der Waals surface area contributed by atoms with E-state index in [9.17, 15) is 0 Å². The van der Waals surface area contributed by atoms with E-state index in [1.54, 1.807) is 0 Å². The third-order valence-electron chi connectivity index (χ3n) is 3.44. The zero-order valence-corrected chi connectivity index (χ0v) is 12.3. The standard InChI is InChI=1S/C15H32/c1-9-14(5,6)10-11-15(7,8)12-13(2,3)4/h9-12H2,1-8H3. The highest BCUT2D eigenvalue weighted by Crippen LogP contribution is 2.40. The normalized spacial score (nSPS) is 14.4. The maximum Gasteiger partial charge on any atom is -0.0349 e. The van der Waals surface area contributed by atoms with Crippen LogP contribution in [0.5, 0.6) is 0 Å². The van der Waals surface area contributed by atoms with Gasteiger partial charge in [0.25, 0.3) is 0 Å². The number of hydrogen-bond donors (Lipinski definition) is 0. The van der Waals surface area contributed by atoms with Gasteiger partial charge in [0.1, 0.15) is 0 Å². The Morgan fingerprint density at radius 3 is 1.40 bits per heavy atom. The molecule has 0 unspecified atom stereocenters. The van der Waals surface area contributed by atoms with E-state index in [2.05, 4.69) is 55.4 Å². The molecule has 0 saturated carbocycles. The first kappa shape index (κ1) is 15.0. The summed E-state index contributed by atoms with van der Waals surface area (Å²) >= 11 is 0. The van der Waals surface area contributed by atoms with E-state index in [1.165, 1.54) is 25.7 Å². The third-order valence-corrected chi connectivity index (χ3v) is 3.44. The SMILES string of the molecule is CCC(C)(C)CCC(C)(C)CC(C)(C)C. The van der Waals surface area contributed by atoms with E-state index in [4.69, 9.17) is 0 Å². The van der Waals surface area contributed by atoms with Gasteiger partial charge in [-0.25, -0.2) is 0 Å². The average Bonchev–Trinajstić information content (AvgIpc) is 1.97. The summed E-state index contributed by atoms with van der Waals surface area (Å²) < 4.78 is 0. The van der Waals surface area contributed by atoms with Gasteiger partial charge in [0, 0.05) is 0 Å². The molecule has 92 valence electrons. The maximum absolute atomic E-state index is 2.42. The van der Waals surface area contributed by atoms with Crippen LogP contribution in [0.2, 0.25) is 0 Å². The molecule has 0 heterocycles. The van der Waals surface area contributed by atoms with Crippen molar-refractivity contribution in [3.63, 3.8) is 0 Å². The molecule has 0 aromatic carbocycles. The minimum absolute atomic E-state index is 0.458. The van der Waals surface area contributed by atoms with Crippen molar-refractivity contribution in [2.45, 2.75) is 81.1 Å². The molecule has 0 atom stereocenters. The van der Waals surface area contributed by atoms with Gasteiger partial charge >= 0.3 is 0 Å². The van der Waals surface area contributed by atoms with E-state index < -0.39 is 0 Å². The van der Waals surface area contributed by atoms with Crippen molar-refractivity contribution >= 4 is 0 Å². The lowest BCUT2D eigenvalue weighted by atomic mass is 9.71. The van der Waals surface area contributed by atoms with Crippen molar-refractivity contribution in [2.24, 2.45) is 16.2 Å². The Hall–Kier alpha value is 0. The van der Waals surface area contributed by atoms with Gasteiger partial charge in [-0.3, -0.25) is 0 Å². The third kappa shape index (κ3) is 7.88. The second-order valence-corrected chi connectivity index (χ2v) is 7.92. The molecule has 0 aliphatic rings. The Morgan fingerprint density at radius 2 is 1.07 bits per heavy atom. The van der Waals surface area contributed by atoms with Crippen molar-refractivity contribution in [3.05, 3.63) is 0 Å². The van der Waals surface area contributed by atoms with E-state index in [-0.39, 0.29) is 0 Å². The molecule has 0 heteroatoms. The van der Waals surface area contributed by atoms with Crippen LogP contribution in [0.3, 0.4) is 0 Å². The Kier molecular flexibility index (Phi) is 4.89. The summed E-state index contributed by atoms with van der Waals surface area (Å²) in [6.45, 7) is 19.0. The highest BCUT2D eigenvalue weighted by atomic mass is 14.3. The van der Waals surface area contributed by atoms with Gasteiger partial charge in [0.2, 0.25) is 0 Å². The van der Waals surface area contributed by atoms with Crippen LogP contribution in [0.15, 0.2) is 0 Å². The van der Waals surface area contributed by atoms with Crippen LogP contribution in [0.4, 0.5) is 0 Å². The topological polar surface area (TPSA) is 0 Å². The Bertz CT molecular complexity index is 179. The summed E-state index contributed by atoms with van der Waals surface area (Å²) in [5, 5.41) is 0. The summed E-state index contributed by atoms with van der Waals surface area (Å²) in [7, 11) is 0. The molecular formula is C15H32. The van der Waals surface area contributed by atoms with Crippen LogP contribution in [0.25, 0.3) is 0 Å². The minimum atomic E-state index is 0.458. The van der Waals surface area contributed by atoms with Crippen molar-refractivity contribution in [1.82, 2.24) is 0 Å². The minimum Gasteiger partial charge on any atom is -0.0649 e. The van der Waals surface area contributed by atoms with Gasteiger partial charge in [-0.1, -0.05) is 61.8 Å². The Morgan fingerprint density at radius 1 is 0.667 bits per heavy atom. The lowest BCUT2D eigenvalue weighted by molar-refractivity contribution is 0.165. The lowest BCUT2D eigenvalue weighted by Crippen LogP contribution is -2.23. The van der Waals surface area contributed by atoms with Gasteiger partial charge < -0.3 is 0 Å². The summed E-state index contributed by atoms with van der Waals surface area (Å²) in [6, 6.07) is 0. The monoisotopic (exact) mass is 212 g/mol. The van der Waals surface area contributed by atoms with Crippen LogP contribution in [0, 0.1) is 16.2 Å². The first-order chi connectivity index (χ1) is 6.47. The molecule has 0 saturated heterocycles. The summed E-state index contributed by atoms with van der Waals surface area (Å²) in [5.41, 5.74) is 1.47. The molecule has 0 N–H and O–H groups in total. The predicted octanol–water partition coefficient (Wildman–Crippen LogP) is 5.67. The first-order valence-electron chi connectivity index (χ1n) is 6.47. The van der Waals surface area contributed by atoms with Crippen LogP contribution in [0.1, 0.15) is 81.1 Å². The smallest absolute Gasteiger partial charge is 0.0349 e. The molecule has 0 aliphatic carbocycles.